The first kappa shape index (κ1) is 18.7. The van der Waals surface area contributed by atoms with E-state index in [1.807, 2.05) is 42.5 Å². The first-order chi connectivity index (χ1) is 12.5. The molecule has 1 radical (unpaired) electrons. The van der Waals surface area contributed by atoms with Crippen molar-refractivity contribution in [3.05, 3.63) is 66.6 Å². The topological polar surface area (TPSA) is 88.4 Å². The zero-order chi connectivity index (χ0) is 18.7. The number of aliphatic hydroxyl groups is 3. The minimum absolute atomic E-state index is 0.531. The number of aliphatic hydroxyl groups excluding tert-OH is 3. The lowest BCUT2D eigenvalue weighted by Gasteiger charge is -2.39. The number of methoxy groups -OCH3 is 1. The van der Waals surface area contributed by atoms with Gasteiger partial charge in [0.15, 0.2) is 0 Å². The molecule has 1 saturated heterocycles. The van der Waals surface area contributed by atoms with Crippen molar-refractivity contribution in [2.75, 3.05) is 7.11 Å². The van der Waals surface area contributed by atoms with Crippen LogP contribution in [0, 0.1) is 6.92 Å². The summed E-state index contributed by atoms with van der Waals surface area (Å²) in [6, 6.07) is 15.1. The van der Waals surface area contributed by atoms with Crippen LogP contribution in [0.4, 0.5) is 0 Å². The van der Waals surface area contributed by atoms with Crippen LogP contribution < -0.4 is 9.47 Å². The first-order valence-electron chi connectivity index (χ1n) is 8.40. The Morgan fingerprint density at radius 3 is 2.35 bits per heavy atom. The van der Waals surface area contributed by atoms with Crippen LogP contribution in [0.5, 0.6) is 11.5 Å². The molecule has 3 rings (SSSR count). The Morgan fingerprint density at radius 2 is 1.65 bits per heavy atom. The molecule has 1 fully saturated rings. The molecule has 0 amide bonds. The molecule has 1 aliphatic rings. The fraction of sp³-hybridized carbons (Fsp3) is 0.350. The Morgan fingerprint density at radius 1 is 0.962 bits per heavy atom. The van der Waals surface area contributed by atoms with Crippen molar-refractivity contribution in [3.8, 4) is 11.5 Å². The van der Waals surface area contributed by atoms with E-state index >= 15 is 0 Å². The molecule has 26 heavy (non-hydrogen) atoms. The smallest absolute Gasteiger partial charge is 0.229 e. The lowest BCUT2D eigenvalue weighted by molar-refractivity contribution is -0.262. The van der Waals surface area contributed by atoms with E-state index in [2.05, 4.69) is 6.92 Å². The van der Waals surface area contributed by atoms with Crippen molar-refractivity contribution >= 4 is 0 Å². The molecule has 6 nitrogen and oxygen atoms in total. The van der Waals surface area contributed by atoms with Gasteiger partial charge in [0, 0.05) is 6.42 Å². The third kappa shape index (κ3) is 3.99. The quantitative estimate of drug-likeness (QED) is 0.746. The number of rotatable bonds is 5. The zero-order valence-corrected chi connectivity index (χ0v) is 14.5. The minimum atomic E-state index is -1.38. The molecule has 3 N–H and O–H groups in total. The van der Waals surface area contributed by atoms with E-state index in [-0.39, 0.29) is 0 Å². The van der Waals surface area contributed by atoms with Crippen LogP contribution in [0.25, 0.3) is 0 Å². The van der Waals surface area contributed by atoms with E-state index in [1.165, 1.54) is 0 Å². The Bertz CT molecular complexity index is 716. The van der Waals surface area contributed by atoms with E-state index in [0.717, 1.165) is 16.9 Å². The van der Waals surface area contributed by atoms with E-state index in [0.29, 0.717) is 12.2 Å². The highest BCUT2D eigenvalue weighted by atomic mass is 16.7. The molecule has 1 aliphatic heterocycles. The molecule has 0 saturated carbocycles. The van der Waals surface area contributed by atoms with Crippen LogP contribution in [-0.2, 0) is 11.2 Å². The maximum absolute atomic E-state index is 10.1. The van der Waals surface area contributed by atoms with Gasteiger partial charge in [-0.3, -0.25) is 0 Å². The Balaban J connectivity index is 1.76. The second kappa shape index (κ2) is 8.05. The molecule has 1 heterocycles. The molecule has 2 aromatic carbocycles. The molecule has 0 bridgehead atoms. The zero-order valence-electron chi connectivity index (χ0n) is 14.5. The first-order valence-corrected chi connectivity index (χ1v) is 8.40. The van der Waals surface area contributed by atoms with Crippen molar-refractivity contribution in [1.82, 2.24) is 0 Å². The highest BCUT2D eigenvalue weighted by Crippen LogP contribution is 2.28. The maximum Gasteiger partial charge on any atom is 0.229 e. The summed E-state index contributed by atoms with van der Waals surface area (Å²) < 4.78 is 16.4. The van der Waals surface area contributed by atoms with Gasteiger partial charge in [0.25, 0.3) is 0 Å². The van der Waals surface area contributed by atoms with Crippen molar-refractivity contribution in [1.29, 1.82) is 0 Å². The summed E-state index contributed by atoms with van der Waals surface area (Å²) in [6.07, 6.45) is -5.43. The van der Waals surface area contributed by atoms with E-state index in [1.54, 1.807) is 13.2 Å². The standard InChI is InChI=1S/C20H23O6/c1-12-17(21)18(22)19(23)20(25-12)26-16-6-4-3-5-14(16)11-13-7-9-15(24-2)10-8-13/h3-10,12,17-23H,1,11H2,2H3/t12-,17-,18+,19-,20+/m1/s1. The predicted octanol–water partition coefficient (Wildman–Crippen LogP) is 1.31. The van der Waals surface area contributed by atoms with Crippen LogP contribution in [0.2, 0.25) is 0 Å². The molecular formula is C20H23O6. The molecule has 0 unspecified atom stereocenters. The summed E-state index contributed by atoms with van der Waals surface area (Å²) in [5.41, 5.74) is 1.96. The molecule has 2 aromatic rings. The van der Waals surface area contributed by atoms with Crippen LogP contribution in [0.1, 0.15) is 11.1 Å². The van der Waals surface area contributed by atoms with Crippen LogP contribution in [0.3, 0.4) is 0 Å². The summed E-state index contributed by atoms with van der Waals surface area (Å²) in [4.78, 5) is 0. The third-order valence-corrected chi connectivity index (χ3v) is 4.44. The van der Waals surface area contributed by atoms with Gasteiger partial charge >= 0.3 is 0 Å². The third-order valence-electron chi connectivity index (χ3n) is 4.44. The second-order valence-electron chi connectivity index (χ2n) is 6.27. The van der Waals surface area contributed by atoms with Gasteiger partial charge in [-0.25, -0.2) is 0 Å². The number of hydrogen-bond donors (Lipinski definition) is 3. The van der Waals surface area contributed by atoms with Gasteiger partial charge in [0.2, 0.25) is 6.29 Å². The van der Waals surface area contributed by atoms with Crippen molar-refractivity contribution in [2.45, 2.75) is 37.1 Å². The molecule has 0 aromatic heterocycles. The maximum atomic E-state index is 10.1. The van der Waals surface area contributed by atoms with Gasteiger partial charge in [-0.15, -0.1) is 0 Å². The average molecular weight is 359 g/mol. The number of para-hydroxylation sites is 1. The van der Waals surface area contributed by atoms with Gasteiger partial charge in [-0.2, -0.15) is 0 Å². The predicted molar refractivity (Wildman–Crippen MR) is 94.9 cm³/mol. The normalized spacial score (nSPS) is 28.6. The molecule has 0 aliphatic carbocycles. The van der Waals surface area contributed by atoms with E-state index in [9.17, 15) is 15.3 Å². The van der Waals surface area contributed by atoms with E-state index in [4.69, 9.17) is 14.2 Å². The number of benzene rings is 2. The van der Waals surface area contributed by atoms with Crippen LogP contribution >= 0.6 is 0 Å². The van der Waals surface area contributed by atoms with Gasteiger partial charge in [0.1, 0.15) is 29.8 Å². The van der Waals surface area contributed by atoms with Crippen LogP contribution in [-0.4, -0.2) is 53.1 Å². The van der Waals surface area contributed by atoms with Crippen molar-refractivity contribution in [2.24, 2.45) is 0 Å². The van der Waals surface area contributed by atoms with E-state index < -0.39 is 30.7 Å². The largest absolute Gasteiger partial charge is 0.497 e. The summed E-state index contributed by atoms with van der Waals surface area (Å²) in [5.74, 6) is 1.31. The number of hydrogen-bond acceptors (Lipinski definition) is 6. The highest BCUT2D eigenvalue weighted by Gasteiger charge is 2.43. The fourth-order valence-corrected chi connectivity index (χ4v) is 2.87. The summed E-state index contributed by atoms with van der Waals surface area (Å²) in [6.45, 7) is 3.63. The lowest BCUT2D eigenvalue weighted by atomic mass is 10.00. The molecule has 0 spiro atoms. The minimum Gasteiger partial charge on any atom is -0.497 e. The lowest BCUT2D eigenvalue weighted by Crippen LogP contribution is -2.58. The van der Waals surface area contributed by atoms with Crippen LogP contribution in [0.15, 0.2) is 48.5 Å². The highest BCUT2D eigenvalue weighted by molar-refractivity contribution is 5.39. The summed E-state index contributed by atoms with van der Waals surface area (Å²) >= 11 is 0. The van der Waals surface area contributed by atoms with Gasteiger partial charge in [0.05, 0.1) is 13.2 Å². The number of ether oxygens (including phenoxy) is 3. The van der Waals surface area contributed by atoms with Gasteiger partial charge < -0.3 is 29.5 Å². The average Bonchev–Trinajstić information content (AvgIpc) is 2.66. The Hall–Kier alpha value is -2.12. The summed E-state index contributed by atoms with van der Waals surface area (Å²) in [5, 5.41) is 29.8. The van der Waals surface area contributed by atoms with Crippen molar-refractivity contribution in [3.63, 3.8) is 0 Å². The fourth-order valence-electron chi connectivity index (χ4n) is 2.87. The molecule has 139 valence electrons. The van der Waals surface area contributed by atoms with Crippen molar-refractivity contribution < 1.29 is 29.5 Å². The van der Waals surface area contributed by atoms with Gasteiger partial charge in [-0.05, 0) is 36.2 Å². The Labute approximate surface area is 152 Å². The molecule has 5 atom stereocenters. The van der Waals surface area contributed by atoms with Gasteiger partial charge in [-0.1, -0.05) is 30.3 Å². The summed E-state index contributed by atoms with van der Waals surface area (Å²) in [7, 11) is 1.62. The Kier molecular flexibility index (Phi) is 5.78. The SMILES string of the molecule is [CH2][C@H]1O[C@@H](Oc2ccccc2Cc2ccc(OC)cc2)[C@H](O)[C@@H](O)[C@@H]1O. The molecule has 6 heteroatoms. The second-order valence-corrected chi connectivity index (χ2v) is 6.27. The molecular weight excluding hydrogens is 336 g/mol. The monoisotopic (exact) mass is 359 g/mol.